The van der Waals surface area contributed by atoms with Gasteiger partial charge in [0.25, 0.3) is 0 Å². The van der Waals surface area contributed by atoms with Crippen molar-refractivity contribution in [2.24, 2.45) is 0 Å². The van der Waals surface area contributed by atoms with Gasteiger partial charge >= 0.3 is 12.0 Å². The van der Waals surface area contributed by atoms with Crippen LogP contribution in [0.4, 0.5) is 10.5 Å². The molecule has 0 saturated heterocycles. The first kappa shape index (κ1) is 14.4. The van der Waals surface area contributed by atoms with Gasteiger partial charge in [0.05, 0.1) is 11.7 Å². The topological polar surface area (TPSA) is 127 Å². The number of carboxylic acids is 1. The summed E-state index contributed by atoms with van der Waals surface area (Å²) in [4.78, 5) is 29.6. The third kappa shape index (κ3) is 3.30. The van der Waals surface area contributed by atoms with E-state index >= 15 is 0 Å². The van der Waals surface area contributed by atoms with Gasteiger partial charge < -0.3 is 25.8 Å². The largest absolute Gasteiger partial charge is 0.505 e. The molecule has 0 radical (unpaired) electrons. The lowest BCUT2D eigenvalue weighted by Crippen LogP contribution is -2.31. The van der Waals surface area contributed by atoms with E-state index in [1.807, 2.05) is 0 Å². The number of benzene rings is 1. The molecule has 1 aromatic heterocycles. The second kappa shape index (κ2) is 5.95. The molecular weight excluding hydrogens is 276 g/mol. The summed E-state index contributed by atoms with van der Waals surface area (Å²) in [6.45, 7) is 1.73. The van der Waals surface area contributed by atoms with Gasteiger partial charge in [0.1, 0.15) is 11.4 Å². The monoisotopic (exact) mass is 290 g/mol. The molecule has 8 nitrogen and oxygen atoms in total. The lowest BCUT2D eigenvalue weighted by Gasteiger charge is -2.13. The molecule has 1 unspecified atom stereocenters. The highest BCUT2D eigenvalue weighted by Crippen LogP contribution is 2.27. The molecule has 21 heavy (non-hydrogen) atoms. The summed E-state index contributed by atoms with van der Waals surface area (Å²) in [5.74, 6) is -1.19. The van der Waals surface area contributed by atoms with Crippen LogP contribution in [0.3, 0.4) is 0 Å². The van der Waals surface area contributed by atoms with E-state index in [0.29, 0.717) is 5.82 Å². The number of hydrogen-bond donors (Lipinski definition) is 5. The molecule has 110 valence electrons. The van der Waals surface area contributed by atoms with Crippen LogP contribution in [-0.4, -0.2) is 32.2 Å². The third-order valence-corrected chi connectivity index (χ3v) is 2.79. The number of imidazole rings is 1. The maximum Gasteiger partial charge on any atom is 0.339 e. The Labute approximate surface area is 119 Å². The van der Waals surface area contributed by atoms with E-state index in [2.05, 4.69) is 20.6 Å². The number of rotatable bonds is 4. The van der Waals surface area contributed by atoms with Gasteiger partial charge in [-0.25, -0.2) is 14.6 Å². The number of phenols is 1. The van der Waals surface area contributed by atoms with E-state index in [9.17, 15) is 14.7 Å². The quantitative estimate of drug-likeness (QED) is 0.547. The van der Waals surface area contributed by atoms with Gasteiger partial charge in [0, 0.05) is 12.4 Å². The Morgan fingerprint density at radius 3 is 2.76 bits per heavy atom. The molecule has 5 N–H and O–H groups in total. The van der Waals surface area contributed by atoms with Crippen molar-refractivity contribution in [3.63, 3.8) is 0 Å². The lowest BCUT2D eigenvalue weighted by molar-refractivity contribution is 0.0693. The summed E-state index contributed by atoms with van der Waals surface area (Å²) < 4.78 is 0. The fourth-order valence-corrected chi connectivity index (χ4v) is 1.75. The van der Waals surface area contributed by atoms with E-state index in [-0.39, 0.29) is 17.3 Å². The molecule has 0 spiro atoms. The average molecular weight is 290 g/mol. The van der Waals surface area contributed by atoms with Crippen LogP contribution in [0.15, 0.2) is 30.6 Å². The number of carboxylic acid groups (broad SMARTS) is 1. The van der Waals surface area contributed by atoms with Gasteiger partial charge in [-0.3, -0.25) is 0 Å². The molecule has 1 heterocycles. The highest BCUT2D eigenvalue weighted by Gasteiger charge is 2.16. The number of hydrogen-bond acceptors (Lipinski definition) is 4. The lowest BCUT2D eigenvalue weighted by atomic mass is 10.1. The summed E-state index contributed by atoms with van der Waals surface area (Å²) in [5.41, 5.74) is -0.272. The van der Waals surface area contributed by atoms with Crippen LogP contribution in [0.25, 0.3) is 0 Å². The minimum Gasteiger partial charge on any atom is -0.505 e. The fraction of sp³-hybridized carbons (Fsp3) is 0.154. The SMILES string of the molecule is CC(NC(=O)Nc1cccc(C(=O)O)c1O)c1ncc[nH]1. The van der Waals surface area contributed by atoms with E-state index < -0.39 is 17.7 Å². The molecule has 2 rings (SSSR count). The number of aromatic amines is 1. The van der Waals surface area contributed by atoms with Crippen LogP contribution in [0.2, 0.25) is 0 Å². The number of para-hydroxylation sites is 1. The summed E-state index contributed by atoms with van der Waals surface area (Å²) >= 11 is 0. The van der Waals surface area contributed by atoms with E-state index in [1.165, 1.54) is 18.2 Å². The number of nitrogens with zero attached hydrogens (tertiary/aromatic N) is 1. The maximum absolute atomic E-state index is 11.8. The Hall–Kier alpha value is -3.03. The van der Waals surface area contributed by atoms with Crippen molar-refractivity contribution < 1.29 is 19.8 Å². The van der Waals surface area contributed by atoms with Gasteiger partial charge in [-0.2, -0.15) is 0 Å². The number of aromatic carboxylic acids is 1. The van der Waals surface area contributed by atoms with Gasteiger partial charge in [0.2, 0.25) is 0 Å². The Bertz CT molecular complexity index is 654. The fourth-order valence-electron chi connectivity index (χ4n) is 1.75. The number of urea groups is 1. The van der Waals surface area contributed by atoms with Gasteiger partial charge in [-0.05, 0) is 19.1 Å². The van der Waals surface area contributed by atoms with Crippen molar-refractivity contribution in [1.29, 1.82) is 0 Å². The number of aromatic nitrogens is 2. The van der Waals surface area contributed by atoms with Crippen LogP contribution >= 0.6 is 0 Å². The van der Waals surface area contributed by atoms with Crippen LogP contribution in [0.1, 0.15) is 29.1 Å². The molecule has 0 bridgehead atoms. The average Bonchev–Trinajstić information content (AvgIpc) is 2.94. The normalized spacial score (nSPS) is 11.7. The first-order chi connectivity index (χ1) is 9.99. The molecule has 0 fully saturated rings. The standard InChI is InChI=1S/C13H14N4O4/c1-7(11-14-5-6-15-11)16-13(21)17-9-4-2-3-8(10(9)18)12(19)20/h2-7,18H,1H3,(H,14,15)(H,19,20)(H2,16,17,21). The second-order valence-electron chi connectivity index (χ2n) is 4.30. The molecule has 1 aromatic carbocycles. The number of H-pyrrole nitrogens is 1. The highest BCUT2D eigenvalue weighted by atomic mass is 16.4. The molecule has 8 heteroatoms. The predicted octanol–water partition coefficient (Wildman–Crippen LogP) is 1.70. The first-order valence-electron chi connectivity index (χ1n) is 6.11. The molecule has 0 aliphatic heterocycles. The smallest absolute Gasteiger partial charge is 0.339 e. The van der Waals surface area contributed by atoms with Gasteiger partial charge in [-0.1, -0.05) is 6.07 Å². The number of nitrogens with one attached hydrogen (secondary N) is 3. The second-order valence-corrected chi connectivity index (χ2v) is 4.30. The molecule has 1 atom stereocenters. The maximum atomic E-state index is 11.8. The van der Waals surface area contributed by atoms with Crippen molar-refractivity contribution >= 4 is 17.7 Å². The predicted molar refractivity (Wildman–Crippen MR) is 74.2 cm³/mol. The minimum atomic E-state index is -1.28. The number of aromatic hydroxyl groups is 1. The zero-order valence-electron chi connectivity index (χ0n) is 11.1. The van der Waals surface area contributed by atoms with E-state index in [4.69, 9.17) is 5.11 Å². The Morgan fingerprint density at radius 2 is 2.14 bits per heavy atom. The molecule has 2 aromatic rings. The number of anilines is 1. The molecular formula is C13H14N4O4. The Morgan fingerprint density at radius 1 is 1.38 bits per heavy atom. The van der Waals surface area contributed by atoms with Crippen molar-refractivity contribution in [2.75, 3.05) is 5.32 Å². The number of carbonyl (C=O) groups is 2. The molecule has 0 aliphatic carbocycles. The number of amides is 2. The zero-order chi connectivity index (χ0) is 15.4. The highest BCUT2D eigenvalue weighted by molar-refractivity contribution is 5.97. The first-order valence-corrected chi connectivity index (χ1v) is 6.11. The third-order valence-electron chi connectivity index (χ3n) is 2.79. The summed E-state index contributed by atoms with van der Waals surface area (Å²) in [6, 6.07) is 3.11. The van der Waals surface area contributed by atoms with Crippen molar-refractivity contribution in [3.05, 3.63) is 42.0 Å². The summed E-state index contributed by atoms with van der Waals surface area (Å²) in [5, 5.41) is 23.7. The van der Waals surface area contributed by atoms with Crippen LogP contribution in [0.5, 0.6) is 5.75 Å². The van der Waals surface area contributed by atoms with Crippen molar-refractivity contribution in [2.45, 2.75) is 13.0 Å². The van der Waals surface area contributed by atoms with Crippen LogP contribution in [0, 0.1) is 0 Å². The van der Waals surface area contributed by atoms with Gasteiger partial charge in [-0.15, -0.1) is 0 Å². The van der Waals surface area contributed by atoms with E-state index in [1.54, 1.807) is 19.3 Å². The summed E-state index contributed by atoms with van der Waals surface area (Å²) in [6.07, 6.45) is 3.20. The molecule has 2 amide bonds. The zero-order valence-corrected chi connectivity index (χ0v) is 11.1. The van der Waals surface area contributed by atoms with Crippen molar-refractivity contribution in [1.82, 2.24) is 15.3 Å². The molecule has 0 aliphatic rings. The van der Waals surface area contributed by atoms with Gasteiger partial charge in [0.15, 0.2) is 5.75 Å². The van der Waals surface area contributed by atoms with Crippen LogP contribution in [-0.2, 0) is 0 Å². The Kier molecular flexibility index (Phi) is 4.07. The summed E-state index contributed by atoms with van der Waals surface area (Å²) in [7, 11) is 0. The van der Waals surface area contributed by atoms with Crippen LogP contribution < -0.4 is 10.6 Å². The number of carbonyl (C=O) groups excluding carboxylic acids is 1. The Balaban J connectivity index is 2.06. The van der Waals surface area contributed by atoms with E-state index in [0.717, 1.165) is 0 Å². The minimum absolute atomic E-state index is 0.0130. The molecule has 0 saturated carbocycles. The van der Waals surface area contributed by atoms with Crippen molar-refractivity contribution in [3.8, 4) is 5.75 Å².